The third kappa shape index (κ3) is 1.48. The molecule has 0 saturated heterocycles. The first-order valence-electron chi connectivity index (χ1n) is 4.71. The van der Waals surface area contributed by atoms with Crippen molar-refractivity contribution in [3.63, 3.8) is 0 Å². The van der Waals surface area contributed by atoms with Crippen molar-refractivity contribution in [1.29, 1.82) is 0 Å². The highest BCUT2D eigenvalue weighted by Crippen LogP contribution is 2.24. The van der Waals surface area contributed by atoms with Gasteiger partial charge in [-0.3, -0.25) is 0 Å². The number of nitrogens with zero attached hydrogens (tertiary/aromatic N) is 2. The summed E-state index contributed by atoms with van der Waals surface area (Å²) in [5.41, 5.74) is 1.49. The van der Waals surface area contributed by atoms with E-state index in [4.69, 9.17) is 4.74 Å². The molecule has 0 fully saturated rings. The van der Waals surface area contributed by atoms with Crippen molar-refractivity contribution in [2.24, 2.45) is 0 Å². The zero-order valence-electron chi connectivity index (χ0n) is 8.50. The van der Waals surface area contributed by atoms with E-state index < -0.39 is 0 Å². The van der Waals surface area contributed by atoms with Crippen LogP contribution in [0.3, 0.4) is 0 Å². The molecule has 3 heteroatoms. The van der Waals surface area contributed by atoms with E-state index in [9.17, 15) is 0 Å². The summed E-state index contributed by atoms with van der Waals surface area (Å²) in [5, 5.41) is 0. The predicted octanol–water partition coefficient (Wildman–Crippen LogP) is 1.71. The first kappa shape index (κ1) is 8.75. The molecule has 0 radical (unpaired) electrons. The Bertz CT molecular complexity index is 309. The van der Waals surface area contributed by atoms with Gasteiger partial charge in [0.1, 0.15) is 12.4 Å². The zero-order valence-corrected chi connectivity index (χ0v) is 8.50. The van der Waals surface area contributed by atoms with Crippen LogP contribution in [0.5, 0.6) is 0 Å². The Morgan fingerprint density at radius 2 is 2.23 bits per heavy atom. The number of rotatable bonds is 0. The molecule has 0 bridgehead atoms. The Kier molecular flexibility index (Phi) is 1.91. The van der Waals surface area contributed by atoms with E-state index in [1.54, 1.807) is 0 Å². The summed E-state index contributed by atoms with van der Waals surface area (Å²) < 4.78 is 7.62. The molecule has 1 aromatic heterocycles. The SMILES string of the molecule is CC(C)(C)c1cnc2n1CCOC2. The summed E-state index contributed by atoms with van der Waals surface area (Å²) in [5.74, 6) is 1.07. The minimum absolute atomic E-state index is 0.183. The molecule has 2 heterocycles. The minimum Gasteiger partial charge on any atom is -0.372 e. The quantitative estimate of drug-likeness (QED) is 0.607. The summed E-state index contributed by atoms with van der Waals surface area (Å²) in [7, 11) is 0. The molecular formula is C10H16N2O. The van der Waals surface area contributed by atoms with E-state index in [0.717, 1.165) is 19.0 Å². The van der Waals surface area contributed by atoms with Gasteiger partial charge >= 0.3 is 0 Å². The largest absolute Gasteiger partial charge is 0.372 e. The highest BCUT2D eigenvalue weighted by Gasteiger charge is 2.22. The van der Waals surface area contributed by atoms with Crippen LogP contribution in [-0.2, 0) is 23.3 Å². The van der Waals surface area contributed by atoms with Crippen molar-refractivity contribution in [2.45, 2.75) is 39.3 Å². The van der Waals surface area contributed by atoms with Crippen molar-refractivity contribution in [3.05, 3.63) is 17.7 Å². The van der Waals surface area contributed by atoms with Gasteiger partial charge in [0.25, 0.3) is 0 Å². The fourth-order valence-electron chi connectivity index (χ4n) is 1.70. The maximum Gasteiger partial charge on any atom is 0.135 e. The van der Waals surface area contributed by atoms with Crippen LogP contribution >= 0.6 is 0 Å². The molecule has 72 valence electrons. The van der Waals surface area contributed by atoms with E-state index in [-0.39, 0.29) is 5.41 Å². The molecule has 0 amide bonds. The maximum absolute atomic E-state index is 5.34. The van der Waals surface area contributed by atoms with Gasteiger partial charge in [0, 0.05) is 23.9 Å². The van der Waals surface area contributed by atoms with Crippen molar-refractivity contribution < 1.29 is 4.74 Å². The van der Waals surface area contributed by atoms with E-state index in [1.165, 1.54) is 5.69 Å². The maximum atomic E-state index is 5.34. The van der Waals surface area contributed by atoms with Gasteiger partial charge in [0.05, 0.1) is 6.61 Å². The average molecular weight is 180 g/mol. The summed E-state index contributed by atoms with van der Waals surface area (Å²) in [4.78, 5) is 4.36. The molecule has 0 unspecified atom stereocenters. The fraction of sp³-hybridized carbons (Fsp3) is 0.700. The summed E-state index contributed by atoms with van der Waals surface area (Å²) in [6, 6.07) is 0. The molecule has 0 spiro atoms. The number of fused-ring (bicyclic) bond motifs is 1. The lowest BCUT2D eigenvalue weighted by Gasteiger charge is -2.24. The first-order chi connectivity index (χ1) is 6.09. The van der Waals surface area contributed by atoms with Crippen LogP contribution in [0.15, 0.2) is 6.20 Å². The fourth-order valence-corrected chi connectivity index (χ4v) is 1.70. The Morgan fingerprint density at radius 1 is 1.46 bits per heavy atom. The Morgan fingerprint density at radius 3 is 2.92 bits per heavy atom. The minimum atomic E-state index is 0.183. The van der Waals surface area contributed by atoms with E-state index >= 15 is 0 Å². The molecule has 0 atom stereocenters. The lowest BCUT2D eigenvalue weighted by atomic mass is 9.92. The third-order valence-corrected chi connectivity index (χ3v) is 2.40. The lowest BCUT2D eigenvalue weighted by Crippen LogP contribution is -2.24. The lowest BCUT2D eigenvalue weighted by molar-refractivity contribution is 0.0797. The van der Waals surface area contributed by atoms with Crippen LogP contribution in [0.1, 0.15) is 32.3 Å². The van der Waals surface area contributed by atoms with Crippen LogP contribution in [-0.4, -0.2) is 16.2 Å². The molecule has 2 rings (SSSR count). The standard InChI is InChI=1S/C10H16N2O/c1-10(2,3)8-6-11-9-7-13-5-4-12(8)9/h6H,4-5,7H2,1-3H3. The molecule has 0 N–H and O–H groups in total. The number of imidazole rings is 1. The van der Waals surface area contributed by atoms with Gasteiger partial charge in [-0.05, 0) is 0 Å². The average Bonchev–Trinajstić information content (AvgIpc) is 2.45. The molecule has 0 saturated carbocycles. The van der Waals surface area contributed by atoms with Gasteiger partial charge in [0.15, 0.2) is 0 Å². The molecule has 1 aliphatic rings. The summed E-state index contributed by atoms with van der Waals surface area (Å²) in [6.07, 6.45) is 1.98. The van der Waals surface area contributed by atoms with Gasteiger partial charge in [-0.25, -0.2) is 4.98 Å². The Labute approximate surface area is 78.7 Å². The van der Waals surface area contributed by atoms with Gasteiger partial charge in [-0.2, -0.15) is 0 Å². The Balaban J connectivity index is 2.43. The second kappa shape index (κ2) is 2.84. The molecular weight excluding hydrogens is 164 g/mol. The topological polar surface area (TPSA) is 27.1 Å². The number of ether oxygens (including phenoxy) is 1. The molecule has 0 aliphatic carbocycles. The summed E-state index contributed by atoms with van der Waals surface area (Å²) in [6.45, 7) is 9.07. The molecule has 0 aromatic carbocycles. The van der Waals surface area contributed by atoms with Gasteiger partial charge in [-0.1, -0.05) is 20.8 Å². The second-order valence-electron chi connectivity index (χ2n) is 4.51. The van der Waals surface area contributed by atoms with E-state index in [2.05, 4.69) is 30.3 Å². The monoisotopic (exact) mass is 180 g/mol. The van der Waals surface area contributed by atoms with Crippen molar-refractivity contribution >= 4 is 0 Å². The van der Waals surface area contributed by atoms with Gasteiger partial charge < -0.3 is 9.30 Å². The zero-order chi connectivity index (χ0) is 9.47. The number of hydrogen-bond donors (Lipinski definition) is 0. The molecule has 1 aliphatic heterocycles. The predicted molar refractivity (Wildman–Crippen MR) is 50.6 cm³/mol. The van der Waals surface area contributed by atoms with Crippen LogP contribution < -0.4 is 0 Å². The van der Waals surface area contributed by atoms with Crippen LogP contribution in [0, 0.1) is 0 Å². The normalized spacial score (nSPS) is 17.2. The molecule has 1 aromatic rings. The Hall–Kier alpha value is -0.830. The summed E-state index contributed by atoms with van der Waals surface area (Å²) >= 11 is 0. The van der Waals surface area contributed by atoms with Crippen molar-refractivity contribution in [1.82, 2.24) is 9.55 Å². The van der Waals surface area contributed by atoms with E-state index in [1.807, 2.05) is 6.20 Å². The van der Waals surface area contributed by atoms with E-state index in [0.29, 0.717) is 6.61 Å². The van der Waals surface area contributed by atoms with Crippen LogP contribution in [0.4, 0.5) is 0 Å². The van der Waals surface area contributed by atoms with Gasteiger partial charge in [-0.15, -0.1) is 0 Å². The van der Waals surface area contributed by atoms with Crippen molar-refractivity contribution in [2.75, 3.05) is 6.61 Å². The van der Waals surface area contributed by atoms with Gasteiger partial charge in [0.2, 0.25) is 0 Å². The highest BCUT2D eigenvalue weighted by atomic mass is 16.5. The second-order valence-corrected chi connectivity index (χ2v) is 4.51. The number of aromatic nitrogens is 2. The molecule has 3 nitrogen and oxygen atoms in total. The van der Waals surface area contributed by atoms with Crippen LogP contribution in [0.25, 0.3) is 0 Å². The molecule has 13 heavy (non-hydrogen) atoms. The smallest absolute Gasteiger partial charge is 0.135 e. The highest BCUT2D eigenvalue weighted by molar-refractivity contribution is 5.15. The number of hydrogen-bond acceptors (Lipinski definition) is 2. The third-order valence-electron chi connectivity index (χ3n) is 2.40. The first-order valence-corrected chi connectivity index (χ1v) is 4.71. The van der Waals surface area contributed by atoms with Crippen LogP contribution in [0.2, 0.25) is 0 Å². The van der Waals surface area contributed by atoms with Crippen molar-refractivity contribution in [3.8, 4) is 0 Å².